The molecule has 1 N–H and O–H groups in total. The third kappa shape index (κ3) is 4.09. The standard InChI is InChI=1S/C25H22N2O5/c1-2-32-25(31)17-11-13-18(14-12-17)26-21(28)10-5-15-27-23(29)19-8-3-6-16-7-4-9-20(22(16)19)24(27)30/h3-4,6-9,11-14H,2,5,10,15H2,1H3,(H,26,28). The van der Waals surface area contributed by atoms with Crippen LogP contribution in [0.2, 0.25) is 0 Å². The first-order valence-electron chi connectivity index (χ1n) is 10.4. The molecule has 0 atom stereocenters. The molecule has 1 aliphatic heterocycles. The van der Waals surface area contributed by atoms with Gasteiger partial charge in [0.1, 0.15) is 0 Å². The molecule has 0 aliphatic carbocycles. The van der Waals surface area contributed by atoms with Crippen molar-refractivity contribution in [1.82, 2.24) is 4.90 Å². The number of hydrogen-bond donors (Lipinski definition) is 1. The second kappa shape index (κ2) is 9.01. The van der Waals surface area contributed by atoms with Gasteiger partial charge in [0.2, 0.25) is 5.91 Å². The number of esters is 1. The monoisotopic (exact) mass is 430 g/mol. The Morgan fingerprint density at radius 3 is 2.12 bits per heavy atom. The highest BCUT2D eigenvalue weighted by Gasteiger charge is 2.32. The summed E-state index contributed by atoms with van der Waals surface area (Å²) in [4.78, 5) is 51.0. The van der Waals surface area contributed by atoms with Crippen LogP contribution < -0.4 is 5.32 Å². The quantitative estimate of drug-likeness (QED) is 0.451. The molecule has 0 saturated carbocycles. The Morgan fingerprint density at radius 1 is 0.906 bits per heavy atom. The van der Waals surface area contributed by atoms with Crippen molar-refractivity contribution < 1.29 is 23.9 Å². The number of nitrogens with zero attached hydrogens (tertiary/aromatic N) is 1. The summed E-state index contributed by atoms with van der Waals surface area (Å²) in [5.41, 5.74) is 1.96. The molecule has 1 aliphatic rings. The molecule has 0 bridgehead atoms. The van der Waals surface area contributed by atoms with Crippen LogP contribution in [0.4, 0.5) is 5.69 Å². The van der Waals surface area contributed by atoms with Gasteiger partial charge in [-0.3, -0.25) is 19.3 Å². The Bertz CT molecular complexity index is 1170. The molecule has 3 aromatic rings. The molecule has 1 heterocycles. The van der Waals surface area contributed by atoms with E-state index < -0.39 is 5.97 Å². The van der Waals surface area contributed by atoms with Crippen LogP contribution in [0.3, 0.4) is 0 Å². The highest BCUT2D eigenvalue weighted by molar-refractivity contribution is 6.25. The molecule has 7 heteroatoms. The number of amides is 3. The third-order valence-corrected chi connectivity index (χ3v) is 5.32. The topological polar surface area (TPSA) is 92.8 Å². The van der Waals surface area contributed by atoms with Crippen molar-refractivity contribution in [2.75, 3.05) is 18.5 Å². The molecule has 4 rings (SSSR count). The van der Waals surface area contributed by atoms with Crippen LogP contribution in [0.5, 0.6) is 0 Å². The Kier molecular flexibility index (Phi) is 5.98. The maximum Gasteiger partial charge on any atom is 0.338 e. The summed E-state index contributed by atoms with van der Waals surface area (Å²) in [6.45, 7) is 2.17. The minimum Gasteiger partial charge on any atom is -0.462 e. The normalized spacial score (nSPS) is 12.7. The smallest absolute Gasteiger partial charge is 0.338 e. The number of anilines is 1. The van der Waals surface area contributed by atoms with Crippen LogP contribution >= 0.6 is 0 Å². The summed E-state index contributed by atoms with van der Waals surface area (Å²) in [5.74, 6) is -1.34. The molecule has 3 aromatic carbocycles. The van der Waals surface area contributed by atoms with Gasteiger partial charge in [-0.2, -0.15) is 0 Å². The fraction of sp³-hybridized carbons (Fsp3) is 0.200. The summed E-state index contributed by atoms with van der Waals surface area (Å²) in [7, 11) is 0. The molecule has 0 aromatic heterocycles. The van der Waals surface area contributed by atoms with Gasteiger partial charge in [-0.15, -0.1) is 0 Å². The third-order valence-electron chi connectivity index (χ3n) is 5.32. The minimum atomic E-state index is -0.418. The van der Waals surface area contributed by atoms with E-state index in [-0.39, 0.29) is 30.7 Å². The summed E-state index contributed by atoms with van der Waals surface area (Å²) >= 11 is 0. The number of carbonyl (C=O) groups excluding carboxylic acids is 4. The Hall–Kier alpha value is -4.00. The molecule has 0 spiro atoms. The molecule has 7 nitrogen and oxygen atoms in total. The number of hydrogen-bond acceptors (Lipinski definition) is 5. The van der Waals surface area contributed by atoms with E-state index in [0.717, 1.165) is 5.39 Å². The van der Waals surface area contributed by atoms with Crippen molar-refractivity contribution in [3.8, 4) is 0 Å². The largest absolute Gasteiger partial charge is 0.462 e. The van der Waals surface area contributed by atoms with Crippen LogP contribution in [0, 0.1) is 0 Å². The Labute approximate surface area is 185 Å². The first-order chi connectivity index (χ1) is 15.5. The van der Waals surface area contributed by atoms with E-state index in [9.17, 15) is 19.2 Å². The van der Waals surface area contributed by atoms with Crippen molar-refractivity contribution in [3.63, 3.8) is 0 Å². The van der Waals surface area contributed by atoms with Gasteiger partial charge in [-0.1, -0.05) is 24.3 Å². The Morgan fingerprint density at radius 2 is 1.53 bits per heavy atom. The second-order valence-electron chi connectivity index (χ2n) is 7.42. The molecule has 0 unspecified atom stereocenters. The molecule has 0 radical (unpaired) electrons. The van der Waals surface area contributed by atoms with Crippen molar-refractivity contribution in [2.24, 2.45) is 0 Å². The maximum absolute atomic E-state index is 12.9. The van der Waals surface area contributed by atoms with Gasteiger partial charge in [-0.25, -0.2) is 4.79 Å². The average molecular weight is 430 g/mol. The van der Waals surface area contributed by atoms with Gasteiger partial charge in [0.05, 0.1) is 12.2 Å². The lowest BCUT2D eigenvalue weighted by atomic mass is 9.94. The van der Waals surface area contributed by atoms with E-state index in [2.05, 4.69) is 5.32 Å². The maximum atomic E-state index is 12.9. The average Bonchev–Trinajstić information content (AvgIpc) is 2.80. The van der Waals surface area contributed by atoms with E-state index >= 15 is 0 Å². The fourth-order valence-corrected chi connectivity index (χ4v) is 3.81. The molecule has 0 fully saturated rings. The van der Waals surface area contributed by atoms with E-state index in [1.54, 1.807) is 55.5 Å². The number of nitrogens with one attached hydrogen (secondary N) is 1. The van der Waals surface area contributed by atoms with Crippen LogP contribution in [0.25, 0.3) is 10.8 Å². The zero-order chi connectivity index (χ0) is 22.7. The van der Waals surface area contributed by atoms with Gasteiger partial charge in [0, 0.05) is 35.2 Å². The molecule has 0 saturated heterocycles. The van der Waals surface area contributed by atoms with E-state index in [1.165, 1.54) is 4.90 Å². The van der Waals surface area contributed by atoms with E-state index in [0.29, 0.717) is 40.8 Å². The zero-order valence-corrected chi connectivity index (χ0v) is 17.6. The second-order valence-corrected chi connectivity index (χ2v) is 7.42. The van der Waals surface area contributed by atoms with Gasteiger partial charge < -0.3 is 10.1 Å². The minimum absolute atomic E-state index is 0.141. The first-order valence-corrected chi connectivity index (χ1v) is 10.4. The number of ether oxygens (including phenoxy) is 1. The lowest BCUT2D eigenvalue weighted by molar-refractivity contribution is -0.116. The molecule has 162 valence electrons. The lowest BCUT2D eigenvalue weighted by Crippen LogP contribution is -2.41. The lowest BCUT2D eigenvalue weighted by Gasteiger charge is -2.27. The highest BCUT2D eigenvalue weighted by Crippen LogP contribution is 2.30. The summed E-state index contributed by atoms with van der Waals surface area (Å²) in [6.07, 6.45) is 0.477. The highest BCUT2D eigenvalue weighted by atomic mass is 16.5. The van der Waals surface area contributed by atoms with Crippen LogP contribution in [-0.2, 0) is 9.53 Å². The van der Waals surface area contributed by atoms with E-state index in [4.69, 9.17) is 4.74 Å². The first kappa shape index (κ1) is 21.2. The number of carbonyl (C=O) groups is 4. The van der Waals surface area contributed by atoms with Gasteiger partial charge in [-0.05, 0) is 55.1 Å². The zero-order valence-electron chi connectivity index (χ0n) is 17.6. The summed E-state index contributed by atoms with van der Waals surface area (Å²) < 4.78 is 4.93. The molecule has 32 heavy (non-hydrogen) atoms. The molecular formula is C25H22N2O5. The van der Waals surface area contributed by atoms with E-state index in [1.807, 2.05) is 12.1 Å². The Balaban J connectivity index is 1.35. The van der Waals surface area contributed by atoms with Crippen molar-refractivity contribution in [2.45, 2.75) is 19.8 Å². The van der Waals surface area contributed by atoms with Crippen LogP contribution in [-0.4, -0.2) is 41.7 Å². The van der Waals surface area contributed by atoms with Crippen LogP contribution in [0.1, 0.15) is 50.8 Å². The van der Waals surface area contributed by atoms with Gasteiger partial charge in [0.15, 0.2) is 0 Å². The van der Waals surface area contributed by atoms with Gasteiger partial charge in [0.25, 0.3) is 11.8 Å². The number of benzene rings is 3. The predicted octanol–water partition coefficient (Wildman–Crippen LogP) is 4.03. The fourth-order valence-electron chi connectivity index (χ4n) is 3.81. The number of rotatable bonds is 7. The van der Waals surface area contributed by atoms with Crippen molar-refractivity contribution in [3.05, 3.63) is 77.4 Å². The van der Waals surface area contributed by atoms with Crippen molar-refractivity contribution >= 4 is 40.2 Å². The molecular weight excluding hydrogens is 408 g/mol. The van der Waals surface area contributed by atoms with Gasteiger partial charge >= 0.3 is 5.97 Å². The van der Waals surface area contributed by atoms with Crippen LogP contribution in [0.15, 0.2) is 60.7 Å². The molecule has 3 amide bonds. The number of imide groups is 1. The summed E-state index contributed by atoms with van der Waals surface area (Å²) in [5, 5.41) is 4.29. The summed E-state index contributed by atoms with van der Waals surface area (Å²) in [6, 6.07) is 17.2. The SMILES string of the molecule is CCOC(=O)c1ccc(NC(=O)CCCN2C(=O)c3cccc4cccc(c34)C2=O)cc1. The van der Waals surface area contributed by atoms with Crippen molar-refractivity contribution in [1.29, 1.82) is 0 Å². The predicted molar refractivity (Wildman–Crippen MR) is 120 cm³/mol.